The zero-order valence-corrected chi connectivity index (χ0v) is 18.1. The number of ether oxygens (including phenoxy) is 1. The van der Waals surface area contributed by atoms with E-state index in [0.29, 0.717) is 12.2 Å². The van der Waals surface area contributed by atoms with Gasteiger partial charge in [0.2, 0.25) is 0 Å². The Kier molecular flexibility index (Phi) is 10.7. The minimum atomic E-state index is -1.06. The van der Waals surface area contributed by atoms with Crippen LogP contribution >= 0.6 is 0 Å². The smallest absolute Gasteiger partial charge is 0.338 e. The van der Waals surface area contributed by atoms with Crippen molar-refractivity contribution in [3.05, 3.63) is 59.7 Å². The van der Waals surface area contributed by atoms with Gasteiger partial charge in [0.05, 0.1) is 17.7 Å². The molecule has 0 radical (unpaired) electrons. The average molecular weight is 411 g/mol. The van der Waals surface area contributed by atoms with Crippen LogP contribution in [-0.4, -0.2) is 23.7 Å². The lowest BCUT2D eigenvalue weighted by Gasteiger charge is -2.09. The lowest BCUT2D eigenvalue weighted by Crippen LogP contribution is -2.09. The first-order chi connectivity index (χ1) is 14.6. The van der Waals surface area contributed by atoms with Crippen LogP contribution in [0.3, 0.4) is 0 Å². The molecule has 2 aromatic carbocycles. The Hall–Kier alpha value is -2.62. The average Bonchev–Trinajstić information content (AvgIpc) is 2.77. The molecular weight excluding hydrogens is 376 g/mol. The highest BCUT2D eigenvalue weighted by molar-refractivity contribution is 6.00. The molecule has 0 atom stereocenters. The molecule has 4 heteroatoms. The van der Waals surface area contributed by atoms with Crippen molar-refractivity contribution in [1.82, 2.24) is 0 Å². The monoisotopic (exact) mass is 410 g/mol. The first-order valence-electron chi connectivity index (χ1n) is 11.2. The van der Waals surface area contributed by atoms with Crippen molar-refractivity contribution in [2.45, 2.75) is 71.1 Å². The van der Waals surface area contributed by atoms with Gasteiger partial charge >= 0.3 is 11.9 Å². The summed E-state index contributed by atoms with van der Waals surface area (Å²) in [6.45, 7) is 2.61. The van der Waals surface area contributed by atoms with E-state index in [1.807, 2.05) is 30.3 Å². The second-order valence-electron chi connectivity index (χ2n) is 7.75. The molecule has 2 rings (SSSR count). The van der Waals surface area contributed by atoms with Crippen LogP contribution in [0, 0.1) is 0 Å². The van der Waals surface area contributed by atoms with Crippen molar-refractivity contribution in [3.8, 4) is 11.1 Å². The molecule has 0 aliphatic carbocycles. The molecule has 0 saturated carbocycles. The molecule has 0 heterocycles. The molecule has 0 saturated heterocycles. The number of carbonyl (C=O) groups is 2. The number of carboxylic acids is 1. The molecule has 162 valence electrons. The summed E-state index contributed by atoms with van der Waals surface area (Å²) in [5.41, 5.74) is 1.78. The van der Waals surface area contributed by atoms with Crippen molar-refractivity contribution in [1.29, 1.82) is 0 Å². The Morgan fingerprint density at radius 1 is 0.800 bits per heavy atom. The van der Waals surface area contributed by atoms with E-state index in [9.17, 15) is 14.7 Å². The van der Waals surface area contributed by atoms with Crippen molar-refractivity contribution >= 4 is 11.9 Å². The first kappa shape index (κ1) is 23.7. The summed E-state index contributed by atoms with van der Waals surface area (Å²) >= 11 is 0. The Labute approximate surface area is 180 Å². The summed E-state index contributed by atoms with van der Waals surface area (Å²) in [5.74, 6) is -1.52. The highest BCUT2D eigenvalue weighted by atomic mass is 16.5. The van der Waals surface area contributed by atoms with Gasteiger partial charge in [-0.3, -0.25) is 0 Å². The van der Waals surface area contributed by atoms with E-state index >= 15 is 0 Å². The van der Waals surface area contributed by atoms with Crippen molar-refractivity contribution in [2.24, 2.45) is 0 Å². The number of esters is 1. The Morgan fingerprint density at radius 2 is 1.40 bits per heavy atom. The number of hydrogen-bond acceptors (Lipinski definition) is 3. The standard InChI is InChI=1S/C26H34O4/c1-2-3-4-5-6-7-8-9-10-14-19-30-26(29)22-17-18-23(24(20-22)25(27)28)21-15-12-11-13-16-21/h11-13,15-18,20H,2-10,14,19H2,1H3,(H,27,28). The molecule has 0 aromatic heterocycles. The van der Waals surface area contributed by atoms with Crippen molar-refractivity contribution in [2.75, 3.05) is 6.61 Å². The van der Waals surface area contributed by atoms with Crippen LogP contribution in [0.1, 0.15) is 91.8 Å². The Bertz CT molecular complexity index is 783. The highest BCUT2D eigenvalue weighted by Crippen LogP contribution is 2.25. The van der Waals surface area contributed by atoms with Gasteiger partial charge in [0.25, 0.3) is 0 Å². The van der Waals surface area contributed by atoms with Gasteiger partial charge in [-0.2, -0.15) is 0 Å². The second kappa shape index (κ2) is 13.6. The Morgan fingerprint density at radius 3 is 2.00 bits per heavy atom. The van der Waals surface area contributed by atoms with Gasteiger partial charge in [-0.25, -0.2) is 9.59 Å². The number of rotatable bonds is 14. The molecule has 0 unspecified atom stereocenters. The van der Waals surface area contributed by atoms with Crippen molar-refractivity contribution < 1.29 is 19.4 Å². The summed E-state index contributed by atoms with van der Waals surface area (Å²) in [5, 5.41) is 9.56. The number of carboxylic acid groups (broad SMARTS) is 1. The van der Waals surface area contributed by atoms with Crippen LogP contribution in [0.15, 0.2) is 48.5 Å². The van der Waals surface area contributed by atoms with E-state index in [0.717, 1.165) is 18.4 Å². The predicted octanol–water partition coefficient (Wildman–Crippen LogP) is 7.13. The fourth-order valence-corrected chi connectivity index (χ4v) is 3.56. The maximum absolute atomic E-state index is 12.3. The minimum Gasteiger partial charge on any atom is -0.478 e. The van der Waals surface area contributed by atoms with E-state index in [-0.39, 0.29) is 11.1 Å². The topological polar surface area (TPSA) is 63.6 Å². The second-order valence-corrected chi connectivity index (χ2v) is 7.75. The summed E-state index contributed by atoms with van der Waals surface area (Å²) in [4.78, 5) is 24.0. The van der Waals surface area contributed by atoms with E-state index in [4.69, 9.17) is 4.74 Å². The highest BCUT2D eigenvalue weighted by Gasteiger charge is 2.16. The lowest BCUT2D eigenvalue weighted by atomic mass is 9.97. The van der Waals surface area contributed by atoms with Crippen LogP contribution in [0.2, 0.25) is 0 Å². The predicted molar refractivity (Wildman–Crippen MR) is 121 cm³/mol. The molecule has 0 aliphatic rings. The quantitative estimate of drug-likeness (QED) is 0.266. The molecule has 4 nitrogen and oxygen atoms in total. The van der Waals surface area contributed by atoms with E-state index in [2.05, 4.69) is 6.92 Å². The molecular formula is C26H34O4. The summed E-state index contributed by atoms with van der Waals surface area (Å²) in [6, 6.07) is 14.0. The van der Waals surface area contributed by atoms with Gasteiger partial charge in [-0.15, -0.1) is 0 Å². The van der Waals surface area contributed by atoms with Crippen LogP contribution < -0.4 is 0 Å². The van der Waals surface area contributed by atoms with Crippen LogP contribution in [0.25, 0.3) is 11.1 Å². The van der Waals surface area contributed by atoms with E-state index < -0.39 is 11.9 Å². The Balaban J connectivity index is 1.74. The van der Waals surface area contributed by atoms with Crippen molar-refractivity contribution in [3.63, 3.8) is 0 Å². The van der Waals surface area contributed by atoms with Gasteiger partial charge in [-0.05, 0) is 29.7 Å². The van der Waals surface area contributed by atoms with E-state index in [1.165, 1.54) is 57.4 Å². The van der Waals surface area contributed by atoms with Gasteiger partial charge in [0.15, 0.2) is 0 Å². The van der Waals surface area contributed by atoms with Gasteiger partial charge in [0.1, 0.15) is 0 Å². The SMILES string of the molecule is CCCCCCCCCCCCOC(=O)c1ccc(-c2ccccc2)c(C(=O)O)c1. The third-order valence-corrected chi connectivity index (χ3v) is 5.30. The number of hydrogen-bond donors (Lipinski definition) is 1. The third kappa shape index (κ3) is 8.02. The third-order valence-electron chi connectivity index (χ3n) is 5.30. The maximum Gasteiger partial charge on any atom is 0.338 e. The summed E-state index contributed by atoms with van der Waals surface area (Å²) in [7, 11) is 0. The van der Waals surface area contributed by atoms with Crippen LogP contribution in [0.5, 0.6) is 0 Å². The van der Waals surface area contributed by atoms with Gasteiger partial charge < -0.3 is 9.84 Å². The lowest BCUT2D eigenvalue weighted by molar-refractivity contribution is 0.0497. The molecule has 1 N–H and O–H groups in total. The van der Waals surface area contributed by atoms with E-state index in [1.54, 1.807) is 12.1 Å². The summed E-state index contributed by atoms with van der Waals surface area (Å²) < 4.78 is 5.35. The zero-order chi connectivity index (χ0) is 21.6. The minimum absolute atomic E-state index is 0.106. The molecule has 0 fully saturated rings. The van der Waals surface area contributed by atoms with Crippen LogP contribution in [0.4, 0.5) is 0 Å². The molecule has 0 aliphatic heterocycles. The molecule has 0 spiro atoms. The first-order valence-corrected chi connectivity index (χ1v) is 11.2. The summed E-state index contributed by atoms with van der Waals surface area (Å²) in [6.07, 6.45) is 12.2. The fourth-order valence-electron chi connectivity index (χ4n) is 3.56. The zero-order valence-electron chi connectivity index (χ0n) is 18.1. The number of aromatic carboxylic acids is 1. The molecule has 0 bridgehead atoms. The molecule has 0 amide bonds. The molecule has 2 aromatic rings. The number of unbranched alkanes of at least 4 members (excludes halogenated alkanes) is 9. The van der Waals surface area contributed by atoms with Crippen LogP contribution in [-0.2, 0) is 4.74 Å². The number of benzene rings is 2. The largest absolute Gasteiger partial charge is 0.478 e. The molecule has 30 heavy (non-hydrogen) atoms. The maximum atomic E-state index is 12.3. The van der Waals surface area contributed by atoms with Gasteiger partial charge in [0, 0.05) is 0 Å². The fraction of sp³-hybridized carbons (Fsp3) is 0.462. The number of carbonyl (C=O) groups excluding carboxylic acids is 1. The van der Waals surface area contributed by atoms with Gasteiger partial charge in [-0.1, -0.05) is 101 Å². The normalized spacial score (nSPS) is 10.7.